The van der Waals surface area contributed by atoms with Crippen molar-refractivity contribution in [3.8, 4) is 0 Å². The van der Waals surface area contributed by atoms with Gasteiger partial charge in [0, 0.05) is 29.7 Å². The van der Waals surface area contributed by atoms with Crippen LogP contribution in [0.25, 0.3) is 5.52 Å². The Bertz CT molecular complexity index is 978. The van der Waals surface area contributed by atoms with E-state index in [-0.39, 0.29) is 30.6 Å². The number of hydrogen-bond acceptors (Lipinski definition) is 5. The van der Waals surface area contributed by atoms with E-state index >= 15 is 0 Å². The molecule has 28 heavy (non-hydrogen) atoms. The monoisotopic (exact) mass is 379 g/mol. The van der Waals surface area contributed by atoms with Crippen LogP contribution in [0.15, 0.2) is 54.0 Å². The second kappa shape index (κ2) is 6.67. The zero-order valence-electron chi connectivity index (χ0n) is 15.8. The van der Waals surface area contributed by atoms with Crippen molar-refractivity contribution in [2.45, 2.75) is 43.8 Å². The highest BCUT2D eigenvalue weighted by atomic mass is 16.3. The van der Waals surface area contributed by atoms with E-state index < -0.39 is 0 Å². The Kier molecular flexibility index (Phi) is 4.12. The topological polar surface area (TPSA) is 81.9 Å². The molecule has 4 heterocycles. The first-order chi connectivity index (χ1) is 13.7. The lowest BCUT2D eigenvalue weighted by molar-refractivity contribution is -0.117. The number of hydrogen-bond donors (Lipinski definition) is 3. The Morgan fingerprint density at radius 1 is 1.29 bits per heavy atom. The molecular weight excluding hydrogens is 354 g/mol. The molecule has 3 N–H and O–H groups in total. The van der Waals surface area contributed by atoms with Gasteiger partial charge >= 0.3 is 0 Å². The summed E-state index contributed by atoms with van der Waals surface area (Å²) in [5.74, 6) is -0.0638. The maximum atomic E-state index is 12.9. The van der Waals surface area contributed by atoms with E-state index in [0.717, 1.165) is 42.6 Å². The lowest BCUT2D eigenvalue weighted by Crippen LogP contribution is -2.51. The lowest BCUT2D eigenvalue weighted by Gasteiger charge is -2.44. The molecule has 0 saturated heterocycles. The number of aliphatic hydroxyl groups excluding tert-OH is 1. The van der Waals surface area contributed by atoms with Gasteiger partial charge in [-0.15, -0.1) is 0 Å². The number of carbonyl (C=O) groups excluding carboxylic acids is 1. The average Bonchev–Trinajstić information content (AvgIpc) is 3.30. The Hall–Kier alpha value is -2.80. The highest BCUT2D eigenvalue weighted by Crippen LogP contribution is 2.42. The predicted octanol–water partition coefficient (Wildman–Crippen LogP) is 1.48. The molecule has 2 aromatic rings. The van der Waals surface area contributed by atoms with Crippen LogP contribution in [-0.4, -0.2) is 50.8 Å². The summed E-state index contributed by atoms with van der Waals surface area (Å²) in [5, 5.41) is 21.2. The quantitative estimate of drug-likeness (QED) is 0.753. The van der Waals surface area contributed by atoms with Crippen LogP contribution in [0.5, 0.6) is 0 Å². The Morgan fingerprint density at radius 3 is 3.00 bits per heavy atom. The van der Waals surface area contributed by atoms with Crippen molar-refractivity contribution in [3.05, 3.63) is 59.7 Å². The molecule has 2 aliphatic heterocycles. The van der Waals surface area contributed by atoms with Gasteiger partial charge in [0.1, 0.15) is 6.04 Å². The minimum Gasteiger partial charge on any atom is -0.390 e. The van der Waals surface area contributed by atoms with Crippen LogP contribution in [0.3, 0.4) is 0 Å². The summed E-state index contributed by atoms with van der Waals surface area (Å²) in [6, 6.07) is 8.03. The van der Waals surface area contributed by atoms with Crippen LogP contribution in [0.2, 0.25) is 0 Å². The number of nitrogens with one attached hydrogen (secondary N) is 2. The summed E-state index contributed by atoms with van der Waals surface area (Å²) in [6.45, 7) is 4.55. The molecule has 3 aliphatic rings. The van der Waals surface area contributed by atoms with Crippen molar-refractivity contribution in [1.82, 2.24) is 25.1 Å². The van der Waals surface area contributed by atoms with Gasteiger partial charge in [0.25, 0.3) is 5.91 Å². The van der Waals surface area contributed by atoms with E-state index in [1.165, 1.54) is 0 Å². The van der Waals surface area contributed by atoms with Crippen molar-refractivity contribution >= 4 is 11.4 Å². The molecule has 0 radical (unpaired) electrons. The van der Waals surface area contributed by atoms with Gasteiger partial charge in [-0.1, -0.05) is 25.5 Å². The van der Waals surface area contributed by atoms with Crippen LogP contribution < -0.4 is 10.6 Å². The summed E-state index contributed by atoms with van der Waals surface area (Å²) in [6.07, 6.45) is 6.12. The van der Waals surface area contributed by atoms with Gasteiger partial charge in [-0.3, -0.25) is 4.79 Å². The largest absolute Gasteiger partial charge is 0.390 e. The number of nitrogens with zero attached hydrogens (tertiary/aromatic N) is 3. The molecule has 2 aromatic heterocycles. The second-order valence-corrected chi connectivity index (χ2v) is 7.83. The molecule has 1 aliphatic carbocycles. The number of pyridine rings is 1. The summed E-state index contributed by atoms with van der Waals surface area (Å²) in [7, 11) is 0. The molecule has 0 aromatic carbocycles. The minimum absolute atomic E-state index is 0.0638. The number of aromatic nitrogens is 2. The van der Waals surface area contributed by atoms with Crippen LogP contribution in [-0.2, 0) is 4.79 Å². The van der Waals surface area contributed by atoms with E-state index in [0.29, 0.717) is 17.8 Å². The minimum atomic E-state index is -0.346. The third-order valence-electron chi connectivity index (χ3n) is 6.27. The van der Waals surface area contributed by atoms with E-state index in [1.807, 2.05) is 28.8 Å². The standard InChI is InChI=1S/C21H25N5O2/c1-13(12-27)25-17-7-3-2-6-15(17)24-16-11-22-21(28)19(16)20(25)18-8-4-5-14-9-10-23-26(14)18/h4-5,8-10,15,17,20,24,27H,1-3,6-7,11-12H2,(H,22,28)/t15-,17-,20-/m1/s1. The van der Waals surface area contributed by atoms with Crippen LogP contribution in [0, 0.1) is 0 Å². The number of aliphatic hydroxyl groups is 1. The van der Waals surface area contributed by atoms with Gasteiger partial charge < -0.3 is 20.6 Å². The Labute approximate surface area is 163 Å². The fourth-order valence-corrected chi connectivity index (χ4v) is 5.05. The molecular formula is C21H25N5O2. The molecule has 5 rings (SSSR count). The summed E-state index contributed by atoms with van der Waals surface area (Å²) >= 11 is 0. The highest BCUT2D eigenvalue weighted by molar-refractivity contribution is 5.98. The summed E-state index contributed by atoms with van der Waals surface area (Å²) in [4.78, 5) is 15.1. The summed E-state index contributed by atoms with van der Waals surface area (Å²) in [5.41, 5.74) is 4.21. The van der Waals surface area contributed by atoms with Crippen molar-refractivity contribution in [2.75, 3.05) is 13.2 Å². The molecule has 1 amide bonds. The lowest BCUT2D eigenvalue weighted by atomic mass is 9.87. The molecule has 3 atom stereocenters. The smallest absolute Gasteiger partial charge is 0.251 e. The number of carbonyl (C=O) groups is 1. The van der Waals surface area contributed by atoms with Gasteiger partial charge in [-0.05, 0) is 31.0 Å². The fraction of sp³-hybridized carbons (Fsp3) is 0.429. The molecule has 146 valence electrons. The molecule has 0 spiro atoms. The van der Waals surface area contributed by atoms with Gasteiger partial charge in [0.2, 0.25) is 0 Å². The normalized spacial score (nSPS) is 27.1. The van der Waals surface area contributed by atoms with Gasteiger partial charge in [0.05, 0.1) is 29.9 Å². The number of fused-ring (bicyclic) bond motifs is 2. The SMILES string of the molecule is C=C(CO)N1[C@@H]2CCCC[C@H]2NC2=C(C(=O)NC2)[C@H]1c1cccc2ccnn12. The van der Waals surface area contributed by atoms with Crippen LogP contribution >= 0.6 is 0 Å². The van der Waals surface area contributed by atoms with Crippen molar-refractivity contribution < 1.29 is 9.90 Å². The molecule has 7 heteroatoms. The van der Waals surface area contributed by atoms with Gasteiger partial charge in [-0.2, -0.15) is 5.10 Å². The molecule has 0 bridgehead atoms. The maximum absolute atomic E-state index is 12.9. The van der Waals surface area contributed by atoms with E-state index in [9.17, 15) is 9.90 Å². The van der Waals surface area contributed by atoms with E-state index in [2.05, 4.69) is 27.2 Å². The molecule has 1 fully saturated rings. The van der Waals surface area contributed by atoms with Gasteiger partial charge in [0.15, 0.2) is 0 Å². The van der Waals surface area contributed by atoms with E-state index in [1.54, 1.807) is 6.20 Å². The highest BCUT2D eigenvalue weighted by Gasteiger charge is 2.45. The molecule has 1 saturated carbocycles. The van der Waals surface area contributed by atoms with E-state index in [4.69, 9.17) is 0 Å². The first kappa shape index (κ1) is 17.3. The third-order valence-corrected chi connectivity index (χ3v) is 6.27. The first-order valence-corrected chi connectivity index (χ1v) is 9.96. The number of rotatable bonds is 3. The third kappa shape index (κ3) is 2.53. The molecule has 7 nitrogen and oxygen atoms in total. The van der Waals surface area contributed by atoms with Crippen LogP contribution in [0.1, 0.15) is 37.4 Å². The van der Waals surface area contributed by atoms with Crippen molar-refractivity contribution in [2.24, 2.45) is 0 Å². The molecule has 0 unspecified atom stereocenters. The Morgan fingerprint density at radius 2 is 2.14 bits per heavy atom. The zero-order chi connectivity index (χ0) is 19.3. The van der Waals surface area contributed by atoms with Gasteiger partial charge in [-0.25, -0.2) is 4.52 Å². The average molecular weight is 379 g/mol. The number of amides is 1. The fourth-order valence-electron chi connectivity index (χ4n) is 5.05. The summed E-state index contributed by atoms with van der Waals surface area (Å²) < 4.78 is 1.89. The first-order valence-electron chi connectivity index (χ1n) is 9.96. The Balaban J connectivity index is 1.75. The van der Waals surface area contributed by atoms with Crippen molar-refractivity contribution in [3.63, 3.8) is 0 Å². The van der Waals surface area contributed by atoms with Crippen LogP contribution in [0.4, 0.5) is 0 Å². The second-order valence-electron chi connectivity index (χ2n) is 7.83. The zero-order valence-corrected chi connectivity index (χ0v) is 15.8. The van der Waals surface area contributed by atoms with Crippen molar-refractivity contribution in [1.29, 1.82) is 0 Å². The maximum Gasteiger partial charge on any atom is 0.251 e. The predicted molar refractivity (Wildman–Crippen MR) is 105 cm³/mol.